The van der Waals surface area contributed by atoms with Crippen LogP contribution >= 0.6 is 0 Å². The number of hydrogen-bond acceptors (Lipinski definition) is 2. The third-order valence-corrected chi connectivity index (χ3v) is 1.95. The molecule has 1 unspecified atom stereocenters. The lowest BCUT2D eigenvalue weighted by Crippen LogP contribution is -2.03. The van der Waals surface area contributed by atoms with Crippen LogP contribution in [0.1, 0.15) is 18.5 Å². The third kappa shape index (κ3) is 0.987. The van der Waals surface area contributed by atoms with Crippen LogP contribution in [-0.4, -0.2) is 9.61 Å². The average Bonchev–Trinajstić information content (AvgIpc) is 2.47. The molecule has 0 radical (unpaired) electrons. The van der Waals surface area contributed by atoms with Crippen LogP contribution in [0.3, 0.4) is 0 Å². The summed E-state index contributed by atoms with van der Waals surface area (Å²) in [5.41, 5.74) is 7.95. The Morgan fingerprint density at radius 3 is 3.08 bits per heavy atom. The SMILES string of the molecule is CC(N)c1cnn2ccccc12. The molecule has 2 rings (SSSR count). The first kappa shape index (κ1) is 7.31. The lowest BCUT2D eigenvalue weighted by atomic mass is 10.1. The quantitative estimate of drug-likeness (QED) is 0.686. The van der Waals surface area contributed by atoms with Crippen molar-refractivity contribution in [2.75, 3.05) is 0 Å². The second kappa shape index (κ2) is 2.60. The molecule has 0 bridgehead atoms. The fraction of sp³-hybridized carbons (Fsp3) is 0.222. The number of rotatable bonds is 1. The molecule has 62 valence electrons. The highest BCUT2D eigenvalue weighted by Gasteiger charge is 2.05. The van der Waals surface area contributed by atoms with Gasteiger partial charge in [0.05, 0.1) is 11.7 Å². The summed E-state index contributed by atoms with van der Waals surface area (Å²) in [6, 6.07) is 6.00. The molecule has 0 aliphatic carbocycles. The monoisotopic (exact) mass is 161 g/mol. The van der Waals surface area contributed by atoms with Crippen LogP contribution in [0.4, 0.5) is 0 Å². The van der Waals surface area contributed by atoms with Gasteiger partial charge in [0, 0.05) is 17.8 Å². The van der Waals surface area contributed by atoms with Crippen LogP contribution in [-0.2, 0) is 0 Å². The summed E-state index contributed by atoms with van der Waals surface area (Å²) in [4.78, 5) is 0. The van der Waals surface area contributed by atoms with E-state index in [1.54, 1.807) is 0 Å². The van der Waals surface area contributed by atoms with E-state index < -0.39 is 0 Å². The lowest BCUT2D eigenvalue weighted by Gasteiger charge is -2.00. The summed E-state index contributed by atoms with van der Waals surface area (Å²) in [5, 5.41) is 4.18. The standard InChI is InChI=1S/C9H11N3/c1-7(10)8-6-11-12-5-3-2-4-9(8)12/h2-7H,10H2,1H3. The number of fused-ring (bicyclic) bond motifs is 1. The molecule has 0 fully saturated rings. The highest BCUT2D eigenvalue weighted by atomic mass is 15.2. The fourth-order valence-corrected chi connectivity index (χ4v) is 1.31. The maximum absolute atomic E-state index is 5.77. The van der Waals surface area contributed by atoms with E-state index in [4.69, 9.17) is 5.73 Å². The van der Waals surface area contributed by atoms with Crippen LogP contribution < -0.4 is 5.73 Å². The molecule has 0 aromatic carbocycles. The van der Waals surface area contributed by atoms with Crippen molar-refractivity contribution in [2.45, 2.75) is 13.0 Å². The molecule has 0 amide bonds. The third-order valence-electron chi connectivity index (χ3n) is 1.95. The van der Waals surface area contributed by atoms with E-state index in [0.29, 0.717) is 0 Å². The van der Waals surface area contributed by atoms with Gasteiger partial charge in [-0.25, -0.2) is 4.52 Å². The summed E-state index contributed by atoms with van der Waals surface area (Å²) < 4.78 is 1.83. The Kier molecular flexibility index (Phi) is 1.59. The molecule has 3 heteroatoms. The zero-order valence-electron chi connectivity index (χ0n) is 6.94. The number of pyridine rings is 1. The highest BCUT2D eigenvalue weighted by Crippen LogP contribution is 2.15. The van der Waals surface area contributed by atoms with Crippen LogP contribution in [0.15, 0.2) is 30.6 Å². The van der Waals surface area contributed by atoms with Gasteiger partial charge < -0.3 is 5.73 Å². The minimum absolute atomic E-state index is 0.0462. The Balaban J connectivity index is 2.70. The topological polar surface area (TPSA) is 43.3 Å². The van der Waals surface area contributed by atoms with Gasteiger partial charge in [0.2, 0.25) is 0 Å². The number of hydrogen-bond donors (Lipinski definition) is 1. The van der Waals surface area contributed by atoms with Gasteiger partial charge in [-0.3, -0.25) is 0 Å². The lowest BCUT2D eigenvalue weighted by molar-refractivity contribution is 0.826. The van der Waals surface area contributed by atoms with E-state index in [2.05, 4.69) is 5.10 Å². The minimum atomic E-state index is 0.0462. The Labute approximate surface area is 70.8 Å². The largest absolute Gasteiger partial charge is 0.324 e. The van der Waals surface area contributed by atoms with E-state index in [1.807, 2.05) is 42.0 Å². The van der Waals surface area contributed by atoms with Crippen LogP contribution in [0.5, 0.6) is 0 Å². The molecule has 1 atom stereocenters. The molecular formula is C9H11N3. The Bertz CT molecular complexity index is 389. The summed E-state index contributed by atoms with van der Waals surface area (Å²) in [5.74, 6) is 0. The second-order valence-corrected chi connectivity index (χ2v) is 2.92. The number of aromatic nitrogens is 2. The predicted octanol–water partition coefficient (Wildman–Crippen LogP) is 1.35. The molecule has 2 N–H and O–H groups in total. The average molecular weight is 161 g/mol. The number of nitrogens with two attached hydrogens (primary N) is 1. The van der Waals surface area contributed by atoms with Gasteiger partial charge in [-0.15, -0.1) is 0 Å². The fourth-order valence-electron chi connectivity index (χ4n) is 1.31. The van der Waals surface area contributed by atoms with Crippen molar-refractivity contribution in [3.05, 3.63) is 36.2 Å². The Morgan fingerprint density at radius 1 is 1.50 bits per heavy atom. The maximum atomic E-state index is 5.77. The predicted molar refractivity (Wildman–Crippen MR) is 47.8 cm³/mol. The number of nitrogens with zero attached hydrogens (tertiary/aromatic N) is 2. The van der Waals surface area contributed by atoms with E-state index in [1.165, 1.54) is 0 Å². The molecule has 2 heterocycles. The van der Waals surface area contributed by atoms with E-state index >= 15 is 0 Å². The summed E-state index contributed by atoms with van der Waals surface area (Å²) in [6.07, 6.45) is 3.74. The smallest absolute Gasteiger partial charge is 0.0709 e. The molecule has 2 aromatic heterocycles. The van der Waals surface area contributed by atoms with Crippen molar-refractivity contribution in [1.82, 2.24) is 9.61 Å². The van der Waals surface area contributed by atoms with Crippen molar-refractivity contribution >= 4 is 5.52 Å². The van der Waals surface area contributed by atoms with Gasteiger partial charge in [-0.1, -0.05) is 6.07 Å². The van der Waals surface area contributed by atoms with E-state index in [9.17, 15) is 0 Å². The van der Waals surface area contributed by atoms with E-state index in [0.717, 1.165) is 11.1 Å². The van der Waals surface area contributed by atoms with Crippen molar-refractivity contribution in [3.8, 4) is 0 Å². The first-order valence-corrected chi connectivity index (χ1v) is 3.97. The summed E-state index contributed by atoms with van der Waals surface area (Å²) >= 11 is 0. The molecule has 2 aromatic rings. The zero-order chi connectivity index (χ0) is 8.55. The van der Waals surface area contributed by atoms with E-state index in [-0.39, 0.29) is 6.04 Å². The second-order valence-electron chi connectivity index (χ2n) is 2.92. The Hall–Kier alpha value is -1.35. The molecule has 0 aliphatic rings. The summed E-state index contributed by atoms with van der Waals surface area (Å²) in [6.45, 7) is 1.96. The molecule has 0 aliphatic heterocycles. The van der Waals surface area contributed by atoms with Gasteiger partial charge in [0.15, 0.2) is 0 Å². The first-order chi connectivity index (χ1) is 5.79. The van der Waals surface area contributed by atoms with Gasteiger partial charge in [0.25, 0.3) is 0 Å². The van der Waals surface area contributed by atoms with Gasteiger partial charge in [-0.05, 0) is 19.1 Å². The molecule has 0 spiro atoms. The van der Waals surface area contributed by atoms with Crippen molar-refractivity contribution in [3.63, 3.8) is 0 Å². The normalized spacial score (nSPS) is 13.5. The molecule has 12 heavy (non-hydrogen) atoms. The summed E-state index contributed by atoms with van der Waals surface area (Å²) in [7, 11) is 0. The van der Waals surface area contributed by atoms with Crippen LogP contribution in [0.2, 0.25) is 0 Å². The van der Waals surface area contributed by atoms with Crippen molar-refractivity contribution in [1.29, 1.82) is 0 Å². The highest BCUT2D eigenvalue weighted by molar-refractivity contribution is 5.54. The molecule has 0 saturated carbocycles. The molecular weight excluding hydrogens is 150 g/mol. The van der Waals surface area contributed by atoms with Crippen molar-refractivity contribution in [2.24, 2.45) is 5.73 Å². The van der Waals surface area contributed by atoms with Crippen LogP contribution in [0, 0.1) is 0 Å². The van der Waals surface area contributed by atoms with Gasteiger partial charge >= 0.3 is 0 Å². The van der Waals surface area contributed by atoms with Gasteiger partial charge in [0.1, 0.15) is 0 Å². The molecule has 0 saturated heterocycles. The van der Waals surface area contributed by atoms with Gasteiger partial charge in [-0.2, -0.15) is 5.10 Å². The Morgan fingerprint density at radius 2 is 2.33 bits per heavy atom. The first-order valence-electron chi connectivity index (χ1n) is 3.97. The minimum Gasteiger partial charge on any atom is -0.324 e. The molecule has 3 nitrogen and oxygen atoms in total. The van der Waals surface area contributed by atoms with Crippen molar-refractivity contribution < 1.29 is 0 Å². The van der Waals surface area contributed by atoms with Crippen LogP contribution in [0.25, 0.3) is 5.52 Å². The zero-order valence-corrected chi connectivity index (χ0v) is 6.94. The maximum Gasteiger partial charge on any atom is 0.0709 e.